The summed E-state index contributed by atoms with van der Waals surface area (Å²) in [5, 5.41) is 9.78. The molecular weight excluding hydrogens is 398 g/mol. The number of piperidine rings is 1. The molecule has 1 atom stereocenters. The lowest BCUT2D eigenvalue weighted by molar-refractivity contribution is -0.0595. The van der Waals surface area contributed by atoms with Crippen LogP contribution in [0, 0.1) is 11.3 Å². The SMILES string of the molecule is CCc1cc(C(C#N)N2CCC(F)(F)CC2)ccc1N(C)c1cc2c(cn1)ncn2C. The fourth-order valence-electron chi connectivity index (χ4n) is 4.19. The molecule has 2 aromatic heterocycles. The molecule has 0 bridgehead atoms. The van der Waals surface area contributed by atoms with Gasteiger partial charge in [0.15, 0.2) is 0 Å². The number of aromatic nitrogens is 3. The van der Waals surface area contributed by atoms with E-state index in [0.717, 1.165) is 40.1 Å². The molecule has 4 rings (SSSR count). The van der Waals surface area contributed by atoms with E-state index in [2.05, 4.69) is 23.0 Å². The average molecular weight is 424 g/mol. The minimum atomic E-state index is -2.63. The molecule has 8 heteroatoms. The van der Waals surface area contributed by atoms with Gasteiger partial charge in [0.2, 0.25) is 0 Å². The Morgan fingerprint density at radius 1 is 1.23 bits per heavy atom. The number of nitrogens with zero attached hydrogens (tertiary/aromatic N) is 6. The lowest BCUT2D eigenvalue weighted by Gasteiger charge is -2.35. The first-order valence-electron chi connectivity index (χ1n) is 10.5. The van der Waals surface area contributed by atoms with Gasteiger partial charge in [-0.15, -0.1) is 0 Å². The summed E-state index contributed by atoms with van der Waals surface area (Å²) >= 11 is 0. The molecular formula is C23H26F2N6. The maximum absolute atomic E-state index is 13.5. The molecule has 1 fully saturated rings. The second-order valence-electron chi connectivity index (χ2n) is 8.11. The van der Waals surface area contributed by atoms with Gasteiger partial charge in [0.05, 0.1) is 24.1 Å². The molecule has 3 aromatic rings. The fraction of sp³-hybridized carbons (Fsp3) is 0.435. The second kappa shape index (κ2) is 8.23. The Bertz CT molecular complexity index is 1120. The molecule has 1 aromatic carbocycles. The van der Waals surface area contributed by atoms with Crippen LogP contribution in [0.5, 0.6) is 0 Å². The van der Waals surface area contributed by atoms with Crippen molar-refractivity contribution in [1.82, 2.24) is 19.4 Å². The van der Waals surface area contributed by atoms with Crippen LogP contribution in [0.4, 0.5) is 20.3 Å². The Kier molecular flexibility index (Phi) is 5.63. The van der Waals surface area contributed by atoms with Gasteiger partial charge in [-0.2, -0.15) is 5.26 Å². The van der Waals surface area contributed by atoms with Crippen LogP contribution >= 0.6 is 0 Å². The third-order valence-electron chi connectivity index (χ3n) is 6.12. The Morgan fingerprint density at radius 3 is 2.65 bits per heavy atom. The molecule has 3 heterocycles. The van der Waals surface area contributed by atoms with E-state index in [1.165, 1.54) is 0 Å². The maximum atomic E-state index is 13.5. The van der Waals surface area contributed by atoms with Gasteiger partial charge in [0.1, 0.15) is 17.4 Å². The number of likely N-dealkylation sites (tertiary alicyclic amines) is 1. The Morgan fingerprint density at radius 2 is 1.97 bits per heavy atom. The monoisotopic (exact) mass is 424 g/mol. The smallest absolute Gasteiger partial charge is 0.250 e. The Balaban J connectivity index is 1.62. The predicted molar refractivity (Wildman–Crippen MR) is 117 cm³/mol. The van der Waals surface area contributed by atoms with E-state index in [-0.39, 0.29) is 25.9 Å². The predicted octanol–water partition coefficient (Wildman–Crippen LogP) is 4.59. The number of hydrogen-bond acceptors (Lipinski definition) is 5. The summed E-state index contributed by atoms with van der Waals surface area (Å²) in [6, 6.07) is 9.73. The van der Waals surface area contributed by atoms with Gasteiger partial charge in [-0.3, -0.25) is 4.90 Å². The van der Waals surface area contributed by atoms with Crippen LogP contribution in [0.15, 0.2) is 36.8 Å². The van der Waals surface area contributed by atoms with Gasteiger partial charge in [-0.25, -0.2) is 18.7 Å². The third kappa shape index (κ3) is 4.10. The van der Waals surface area contributed by atoms with Crippen LogP contribution in [-0.4, -0.2) is 45.5 Å². The number of anilines is 2. The van der Waals surface area contributed by atoms with E-state index in [1.54, 1.807) is 12.5 Å². The first kappa shape index (κ1) is 21.2. The fourth-order valence-corrected chi connectivity index (χ4v) is 4.19. The topological polar surface area (TPSA) is 61.0 Å². The molecule has 1 aliphatic rings. The maximum Gasteiger partial charge on any atom is 0.250 e. The molecule has 1 saturated heterocycles. The van der Waals surface area contributed by atoms with Crippen LogP contribution < -0.4 is 4.90 Å². The quantitative estimate of drug-likeness (QED) is 0.599. The van der Waals surface area contributed by atoms with Crippen molar-refractivity contribution >= 4 is 22.5 Å². The molecule has 0 amide bonds. The summed E-state index contributed by atoms with van der Waals surface area (Å²) < 4.78 is 29.0. The molecule has 31 heavy (non-hydrogen) atoms. The van der Waals surface area contributed by atoms with Crippen LogP contribution in [0.2, 0.25) is 0 Å². The summed E-state index contributed by atoms with van der Waals surface area (Å²) in [6.45, 7) is 2.52. The van der Waals surface area contributed by atoms with Gasteiger partial charge < -0.3 is 9.47 Å². The number of benzene rings is 1. The van der Waals surface area contributed by atoms with E-state index in [1.807, 2.05) is 52.7 Å². The van der Waals surface area contributed by atoms with Crippen molar-refractivity contribution in [3.05, 3.63) is 47.9 Å². The number of aryl methyl sites for hydroxylation is 2. The van der Waals surface area contributed by atoms with Crippen LogP contribution in [-0.2, 0) is 13.5 Å². The highest BCUT2D eigenvalue weighted by Crippen LogP contribution is 2.35. The lowest BCUT2D eigenvalue weighted by Crippen LogP contribution is -2.41. The molecule has 0 aliphatic carbocycles. The second-order valence-corrected chi connectivity index (χ2v) is 8.11. The summed E-state index contributed by atoms with van der Waals surface area (Å²) in [6.07, 6.45) is 3.90. The molecule has 1 aliphatic heterocycles. The van der Waals surface area contributed by atoms with E-state index >= 15 is 0 Å². The highest BCUT2D eigenvalue weighted by atomic mass is 19.3. The summed E-state index contributed by atoms with van der Waals surface area (Å²) in [5.41, 5.74) is 4.76. The lowest BCUT2D eigenvalue weighted by atomic mass is 9.97. The van der Waals surface area contributed by atoms with Crippen LogP contribution in [0.1, 0.15) is 36.9 Å². The number of alkyl halides is 2. The molecule has 0 saturated carbocycles. The number of nitriles is 1. The number of fused-ring (bicyclic) bond motifs is 1. The molecule has 0 radical (unpaired) electrons. The van der Waals surface area contributed by atoms with Gasteiger partial charge in [0.25, 0.3) is 5.92 Å². The van der Waals surface area contributed by atoms with Crippen molar-refractivity contribution < 1.29 is 8.78 Å². The van der Waals surface area contributed by atoms with E-state index in [4.69, 9.17) is 0 Å². The number of imidazole rings is 1. The number of hydrogen-bond donors (Lipinski definition) is 0. The van der Waals surface area contributed by atoms with Crippen molar-refractivity contribution in [2.45, 2.75) is 38.2 Å². The zero-order valence-corrected chi connectivity index (χ0v) is 18.0. The number of pyridine rings is 1. The van der Waals surface area contributed by atoms with E-state index in [9.17, 15) is 14.0 Å². The van der Waals surface area contributed by atoms with Gasteiger partial charge in [-0.1, -0.05) is 19.1 Å². The first-order valence-corrected chi connectivity index (χ1v) is 10.5. The largest absolute Gasteiger partial charge is 0.334 e. The zero-order valence-electron chi connectivity index (χ0n) is 18.0. The Hall–Kier alpha value is -3.05. The van der Waals surface area contributed by atoms with Crippen LogP contribution in [0.25, 0.3) is 11.0 Å². The normalized spacial score (nSPS) is 17.4. The molecule has 0 spiro atoms. The van der Waals surface area contributed by atoms with E-state index < -0.39 is 12.0 Å². The molecule has 1 unspecified atom stereocenters. The van der Waals surface area contributed by atoms with Gasteiger partial charge in [0, 0.05) is 51.8 Å². The summed E-state index contributed by atoms with van der Waals surface area (Å²) in [4.78, 5) is 12.8. The summed E-state index contributed by atoms with van der Waals surface area (Å²) in [7, 11) is 3.91. The molecule has 162 valence electrons. The van der Waals surface area contributed by atoms with Crippen molar-refractivity contribution in [2.75, 3.05) is 25.0 Å². The third-order valence-corrected chi connectivity index (χ3v) is 6.12. The average Bonchev–Trinajstić information content (AvgIpc) is 3.15. The molecule has 6 nitrogen and oxygen atoms in total. The zero-order chi connectivity index (χ0) is 22.2. The van der Waals surface area contributed by atoms with Gasteiger partial charge >= 0.3 is 0 Å². The van der Waals surface area contributed by atoms with Gasteiger partial charge in [-0.05, 0) is 23.6 Å². The minimum Gasteiger partial charge on any atom is -0.334 e. The Labute approximate surface area is 180 Å². The van der Waals surface area contributed by atoms with Crippen molar-refractivity contribution in [3.8, 4) is 6.07 Å². The summed E-state index contributed by atoms with van der Waals surface area (Å²) in [5.74, 6) is -1.83. The minimum absolute atomic E-state index is 0.200. The highest BCUT2D eigenvalue weighted by Gasteiger charge is 2.36. The number of halogens is 2. The van der Waals surface area contributed by atoms with Crippen LogP contribution in [0.3, 0.4) is 0 Å². The molecule has 0 N–H and O–H groups in total. The van der Waals surface area contributed by atoms with Crippen molar-refractivity contribution in [1.29, 1.82) is 5.26 Å². The highest BCUT2D eigenvalue weighted by molar-refractivity contribution is 5.79. The van der Waals surface area contributed by atoms with Crippen molar-refractivity contribution in [2.24, 2.45) is 7.05 Å². The van der Waals surface area contributed by atoms with E-state index in [0.29, 0.717) is 0 Å². The standard InChI is InChI=1S/C23H26F2N6/c1-4-16-11-17(21(13-26)31-9-7-23(24,25)8-10-31)5-6-19(16)30(3)22-12-20-18(14-27-22)28-15-29(20)2/h5-6,11-12,14-15,21H,4,7-10H2,1-3H3. The first-order chi connectivity index (χ1) is 14.8. The number of rotatable bonds is 5. The van der Waals surface area contributed by atoms with Crippen molar-refractivity contribution in [3.63, 3.8) is 0 Å².